The number of benzene rings is 1. The fourth-order valence-corrected chi connectivity index (χ4v) is 6.21. The van der Waals surface area contributed by atoms with Crippen LogP contribution in [0.1, 0.15) is 51.5 Å². The molecule has 1 amide bonds. The topological polar surface area (TPSA) is 69.6 Å². The van der Waals surface area contributed by atoms with Gasteiger partial charge in [0.1, 0.15) is 0 Å². The van der Waals surface area contributed by atoms with E-state index >= 15 is 0 Å². The molecule has 4 rings (SSSR count). The lowest BCUT2D eigenvalue weighted by molar-refractivity contribution is -0.151. The lowest BCUT2D eigenvalue weighted by Gasteiger charge is -2.59. The van der Waals surface area contributed by atoms with Gasteiger partial charge in [-0.2, -0.15) is 0 Å². The van der Waals surface area contributed by atoms with Gasteiger partial charge in [0.25, 0.3) is 5.91 Å². The molecule has 4 nitrogen and oxygen atoms in total. The van der Waals surface area contributed by atoms with E-state index in [1.165, 1.54) is 5.57 Å². The second-order valence-electron chi connectivity index (χ2n) is 9.38. The largest absolute Gasteiger partial charge is 0.396 e. The number of aliphatic hydroxyl groups excluding tert-OH is 2. The van der Waals surface area contributed by atoms with Crippen molar-refractivity contribution >= 4 is 17.2 Å². The molecular weight excluding hydrogens is 350 g/mol. The highest BCUT2D eigenvalue weighted by atomic mass is 16.3. The number of rotatable bonds is 3. The van der Waals surface area contributed by atoms with Crippen LogP contribution in [0.15, 0.2) is 42.5 Å². The number of nitrogens with one attached hydrogen (secondary N) is 1. The Balaban J connectivity index is 1.66. The number of fused-ring (bicyclic) bond motifs is 2. The van der Waals surface area contributed by atoms with Gasteiger partial charge in [-0.1, -0.05) is 50.3 Å². The lowest BCUT2D eigenvalue weighted by Crippen LogP contribution is -2.57. The maximum atomic E-state index is 12.5. The number of allylic oxidation sites excluding steroid dienone is 2. The van der Waals surface area contributed by atoms with Crippen LogP contribution in [0.4, 0.5) is 5.69 Å². The number of carbonyl (C=O) groups excluding carboxylic acids is 1. The summed E-state index contributed by atoms with van der Waals surface area (Å²) in [7, 11) is 0. The molecular formula is C24H31NO3. The number of hydrogen-bond acceptors (Lipinski definition) is 3. The van der Waals surface area contributed by atoms with E-state index in [4.69, 9.17) is 0 Å². The molecule has 150 valence electrons. The molecule has 0 aromatic heterocycles. The summed E-state index contributed by atoms with van der Waals surface area (Å²) in [5.74, 6) is 0.452. The first-order chi connectivity index (χ1) is 13.3. The number of anilines is 1. The van der Waals surface area contributed by atoms with Crippen molar-refractivity contribution in [1.29, 1.82) is 0 Å². The number of hydrogen-bond donors (Lipinski definition) is 3. The molecule has 1 aliphatic heterocycles. The molecule has 0 spiro atoms. The highest BCUT2D eigenvalue weighted by molar-refractivity contribution is 6.31. The van der Waals surface area contributed by atoms with Crippen molar-refractivity contribution in [2.24, 2.45) is 22.7 Å². The average Bonchev–Trinajstić information content (AvgIpc) is 3.00. The van der Waals surface area contributed by atoms with Gasteiger partial charge in [0, 0.05) is 22.2 Å². The van der Waals surface area contributed by atoms with Gasteiger partial charge in [0.15, 0.2) is 0 Å². The van der Waals surface area contributed by atoms with E-state index in [1.807, 2.05) is 31.2 Å². The molecule has 0 saturated heterocycles. The van der Waals surface area contributed by atoms with Crippen LogP contribution >= 0.6 is 0 Å². The van der Waals surface area contributed by atoms with Gasteiger partial charge in [0.2, 0.25) is 0 Å². The van der Waals surface area contributed by atoms with Crippen molar-refractivity contribution in [3.8, 4) is 0 Å². The molecule has 28 heavy (non-hydrogen) atoms. The molecule has 0 radical (unpaired) electrons. The van der Waals surface area contributed by atoms with Gasteiger partial charge < -0.3 is 15.5 Å². The van der Waals surface area contributed by atoms with E-state index in [0.717, 1.165) is 42.5 Å². The predicted molar refractivity (Wildman–Crippen MR) is 112 cm³/mol. The number of amides is 1. The van der Waals surface area contributed by atoms with Gasteiger partial charge in [-0.05, 0) is 55.4 Å². The summed E-state index contributed by atoms with van der Waals surface area (Å²) < 4.78 is 0. The molecule has 1 aromatic carbocycles. The fraction of sp³-hybridized carbons (Fsp3) is 0.542. The second-order valence-corrected chi connectivity index (χ2v) is 9.38. The number of para-hydroxylation sites is 1. The van der Waals surface area contributed by atoms with Crippen molar-refractivity contribution in [1.82, 2.24) is 0 Å². The van der Waals surface area contributed by atoms with Crippen LogP contribution in [0.25, 0.3) is 5.57 Å². The minimum absolute atomic E-state index is 0.00445. The molecule has 3 aliphatic rings. The summed E-state index contributed by atoms with van der Waals surface area (Å²) in [5.41, 5.74) is 3.32. The lowest BCUT2D eigenvalue weighted by atomic mass is 9.46. The fourth-order valence-electron chi connectivity index (χ4n) is 6.21. The first-order valence-corrected chi connectivity index (χ1v) is 10.4. The molecule has 3 N–H and O–H groups in total. The summed E-state index contributed by atoms with van der Waals surface area (Å²) in [5, 5.41) is 23.7. The third-order valence-corrected chi connectivity index (χ3v) is 7.96. The minimum Gasteiger partial charge on any atom is -0.396 e. The molecule has 1 aromatic rings. The van der Waals surface area contributed by atoms with E-state index in [0.29, 0.717) is 6.42 Å². The third-order valence-electron chi connectivity index (χ3n) is 7.96. The van der Waals surface area contributed by atoms with Crippen molar-refractivity contribution in [2.75, 3.05) is 11.9 Å². The van der Waals surface area contributed by atoms with Crippen LogP contribution in [0, 0.1) is 22.7 Å². The quantitative estimate of drug-likeness (QED) is 0.544. The normalized spacial score (nSPS) is 38.9. The standard InChI is InChI=1S/C24H31NO3/c1-15-8-11-20-23(2,13-12-21(27)24(20,3)14-26)18(15)10-9-17-16-6-4-5-7-19(16)25-22(17)28/h4-7,9,18,20-21,26-27H,1,8,10-14H2,2-3H3,(H,25,28)/b17-9-/t18-,20+,21-,23+,24+/m1/s1. The zero-order valence-electron chi connectivity index (χ0n) is 16.9. The first kappa shape index (κ1) is 19.4. The molecule has 0 unspecified atom stereocenters. The highest BCUT2D eigenvalue weighted by Gasteiger charge is 2.57. The summed E-state index contributed by atoms with van der Waals surface area (Å²) >= 11 is 0. The van der Waals surface area contributed by atoms with Crippen LogP contribution in [0.3, 0.4) is 0 Å². The van der Waals surface area contributed by atoms with E-state index in [-0.39, 0.29) is 29.8 Å². The van der Waals surface area contributed by atoms with Crippen LogP contribution in [0.5, 0.6) is 0 Å². The Labute approximate surface area is 167 Å². The monoisotopic (exact) mass is 381 g/mol. The molecule has 1 heterocycles. The zero-order chi connectivity index (χ0) is 20.1. The molecule has 5 atom stereocenters. The Bertz CT molecular complexity index is 844. The van der Waals surface area contributed by atoms with Crippen molar-refractivity contribution in [3.63, 3.8) is 0 Å². The molecule has 4 heteroatoms. The molecule has 2 saturated carbocycles. The van der Waals surface area contributed by atoms with E-state index in [2.05, 4.69) is 24.9 Å². The minimum atomic E-state index is -0.476. The van der Waals surface area contributed by atoms with Gasteiger partial charge in [-0.15, -0.1) is 0 Å². The van der Waals surface area contributed by atoms with Gasteiger partial charge >= 0.3 is 0 Å². The Kier molecular flexibility index (Phi) is 4.75. The molecule has 0 bridgehead atoms. The van der Waals surface area contributed by atoms with Crippen molar-refractivity contribution in [3.05, 3.63) is 48.1 Å². The Morgan fingerprint density at radius 3 is 2.79 bits per heavy atom. The second kappa shape index (κ2) is 6.85. The maximum absolute atomic E-state index is 12.5. The van der Waals surface area contributed by atoms with Crippen LogP contribution in [-0.4, -0.2) is 28.8 Å². The number of carbonyl (C=O) groups is 1. The van der Waals surface area contributed by atoms with Crippen LogP contribution in [-0.2, 0) is 4.79 Å². The third kappa shape index (κ3) is 2.77. The first-order valence-electron chi connectivity index (χ1n) is 10.4. The summed E-state index contributed by atoms with van der Waals surface area (Å²) in [4.78, 5) is 12.5. The van der Waals surface area contributed by atoms with Crippen molar-refractivity contribution in [2.45, 2.75) is 52.1 Å². The van der Waals surface area contributed by atoms with E-state index in [1.54, 1.807) is 0 Å². The van der Waals surface area contributed by atoms with Crippen molar-refractivity contribution < 1.29 is 15.0 Å². The SMILES string of the molecule is C=C1CC[C@@H]2[C@](C)(CO)[C@H](O)CC[C@@]2(C)[C@@H]1C/C=C1\C(=O)Nc2ccccc21. The Morgan fingerprint density at radius 2 is 2.04 bits per heavy atom. The average molecular weight is 382 g/mol. The van der Waals surface area contributed by atoms with Crippen LogP contribution < -0.4 is 5.32 Å². The number of aliphatic hydroxyl groups is 2. The smallest absolute Gasteiger partial charge is 0.256 e. The van der Waals surface area contributed by atoms with Gasteiger partial charge in [-0.3, -0.25) is 4.79 Å². The van der Waals surface area contributed by atoms with Gasteiger partial charge in [0.05, 0.1) is 12.7 Å². The van der Waals surface area contributed by atoms with E-state index in [9.17, 15) is 15.0 Å². The Hall–Kier alpha value is -1.91. The predicted octanol–water partition coefficient (Wildman–Crippen LogP) is 4.15. The van der Waals surface area contributed by atoms with E-state index < -0.39 is 11.5 Å². The zero-order valence-corrected chi connectivity index (χ0v) is 16.9. The summed E-state index contributed by atoms with van der Waals surface area (Å²) in [6.45, 7) is 8.71. The summed E-state index contributed by atoms with van der Waals surface area (Å²) in [6.07, 6.45) is 5.87. The van der Waals surface area contributed by atoms with Gasteiger partial charge in [-0.25, -0.2) is 0 Å². The van der Waals surface area contributed by atoms with Crippen LogP contribution in [0.2, 0.25) is 0 Å². The molecule has 2 fully saturated rings. The Morgan fingerprint density at radius 1 is 1.29 bits per heavy atom. The molecule has 2 aliphatic carbocycles. The highest BCUT2D eigenvalue weighted by Crippen LogP contribution is 2.61. The summed E-state index contributed by atoms with van der Waals surface area (Å²) in [6, 6.07) is 7.80. The maximum Gasteiger partial charge on any atom is 0.256 e.